The second kappa shape index (κ2) is 4.46. The summed E-state index contributed by atoms with van der Waals surface area (Å²) < 4.78 is 26.1. The van der Waals surface area contributed by atoms with Gasteiger partial charge in [0.05, 0.1) is 0 Å². The summed E-state index contributed by atoms with van der Waals surface area (Å²) in [7, 11) is -3.61. The molecule has 1 aliphatic rings. The van der Waals surface area contributed by atoms with Crippen LogP contribution in [0.4, 0.5) is 0 Å². The summed E-state index contributed by atoms with van der Waals surface area (Å²) in [4.78, 5) is 3.97. The summed E-state index contributed by atoms with van der Waals surface area (Å²) in [5.74, 6) is 0. The van der Waals surface area contributed by atoms with Crippen molar-refractivity contribution >= 4 is 32.5 Å². The number of halogens is 1. The summed E-state index contributed by atoms with van der Waals surface area (Å²) >= 11 is 6.07. The summed E-state index contributed by atoms with van der Waals surface area (Å²) in [6, 6.07) is 3.47. The van der Waals surface area contributed by atoms with Crippen LogP contribution in [-0.4, -0.2) is 22.1 Å². The maximum atomic E-state index is 12.9. The fourth-order valence-electron chi connectivity index (χ4n) is 2.34. The third-order valence-corrected chi connectivity index (χ3v) is 6.17. The van der Waals surface area contributed by atoms with E-state index >= 15 is 0 Å². The van der Waals surface area contributed by atoms with Crippen LogP contribution in [0.25, 0.3) is 10.9 Å². The molecule has 0 fully saturated rings. The maximum Gasteiger partial charge on any atom is 0.248 e. The van der Waals surface area contributed by atoms with Gasteiger partial charge in [0.25, 0.3) is 0 Å². The molecule has 2 aromatic rings. The highest BCUT2D eigenvalue weighted by Gasteiger charge is 2.38. The van der Waals surface area contributed by atoms with Gasteiger partial charge in [-0.3, -0.25) is 0 Å². The number of nitrogens with zero attached hydrogens (tertiary/aromatic N) is 2. The quantitative estimate of drug-likeness (QED) is 0.801. The van der Waals surface area contributed by atoms with E-state index in [1.807, 2.05) is 12.2 Å². The van der Waals surface area contributed by atoms with Gasteiger partial charge in [0.2, 0.25) is 10.0 Å². The fourth-order valence-corrected chi connectivity index (χ4v) is 4.31. The number of hydrogen-bond acceptors (Lipinski definition) is 3. The Balaban J connectivity index is 2.25. The first-order valence-electron chi connectivity index (χ1n) is 6.17. The van der Waals surface area contributed by atoms with E-state index in [1.165, 1.54) is 10.2 Å². The summed E-state index contributed by atoms with van der Waals surface area (Å²) in [6.07, 6.45) is 10.7. The topological polar surface area (TPSA) is 52.0 Å². The summed E-state index contributed by atoms with van der Waals surface area (Å²) in [5, 5.41) is 0.947. The molecule has 4 nitrogen and oxygen atoms in total. The Morgan fingerprint density at radius 2 is 2.15 bits per heavy atom. The van der Waals surface area contributed by atoms with Gasteiger partial charge < -0.3 is 0 Å². The molecule has 1 atom stereocenters. The van der Waals surface area contributed by atoms with Crippen LogP contribution in [0.15, 0.2) is 48.8 Å². The Bertz CT molecular complexity index is 836. The lowest BCUT2D eigenvalue weighted by Gasteiger charge is -2.27. The van der Waals surface area contributed by atoms with Gasteiger partial charge in [0, 0.05) is 17.8 Å². The predicted octanol–water partition coefficient (Wildman–Crippen LogP) is 3.14. The molecule has 0 N–H and O–H groups in total. The number of pyridine rings is 1. The third-order valence-electron chi connectivity index (χ3n) is 3.59. The van der Waals surface area contributed by atoms with Gasteiger partial charge in [-0.05, 0) is 25.5 Å². The molecular formula is C14H13ClN2O2S. The summed E-state index contributed by atoms with van der Waals surface area (Å²) in [6.45, 7) is 1.71. The largest absolute Gasteiger partial charge is 0.248 e. The van der Waals surface area contributed by atoms with E-state index in [0.29, 0.717) is 11.9 Å². The van der Waals surface area contributed by atoms with Gasteiger partial charge in [0.1, 0.15) is 10.3 Å². The van der Waals surface area contributed by atoms with Crippen molar-refractivity contribution in [3.8, 4) is 0 Å². The van der Waals surface area contributed by atoms with E-state index in [0.717, 1.165) is 5.39 Å². The van der Waals surface area contributed by atoms with Crippen LogP contribution in [0.1, 0.15) is 13.3 Å². The van der Waals surface area contributed by atoms with Crippen LogP contribution >= 0.6 is 11.6 Å². The van der Waals surface area contributed by atoms with Crippen LogP contribution in [-0.2, 0) is 10.0 Å². The minimum atomic E-state index is -3.61. The fraction of sp³-hybridized carbons (Fsp3) is 0.214. The molecule has 0 aromatic carbocycles. The van der Waals surface area contributed by atoms with E-state index in [2.05, 4.69) is 4.98 Å². The first-order valence-corrected chi connectivity index (χ1v) is 7.99. The third kappa shape index (κ3) is 1.81. The molecule has 0 aliphatic heterocycles. The molecule has 2 aromatic heterocycles. The molecule has 1 aliphatic carbocycles. The maximum absolute atomic E-state index is 12.9. The van der Waals surface area contributed by atoms with Crippen LogP contribution in [0.3, 0.4) is 0 Å². The minimum absolute atomic E-state index is 0.190. The first kappa shape index (κ1) is 13.4. The van der Waals surface area contributed by atoms with E-state index in [1.54, 1.807) is 37.4 Å². The number of fused-ring (bicyclic) bond motifs is 1. The number of aromatic nitrogens is 2. The van der Waals surface area contributed by atoms with Crippen molar-refractivity contribution in [1.29, 1.82) is 0 Å². The molecule has 0 bridgehead atoms. The Labute approximate surface area is 122 Å². The van der Waals surface area contributed by atoms with Crippen molar-refractivity contribution in [2.75, 3.05) is 0 Å². The van der Waals surface area contributed by atoms with Gasteiger partial charge in [-0.1, -0.05) is 35.9 Å². The lowest BCUT2D eigenvalue weighted by molar-refractivity contribution is 0.555. The Kier molecular flexibility index (Phi) is 2.99. The van der Waals surface area contributed by atoms with Crippen molar-refractivity contribution in [2.45, 2.75) is 18.1 Å². The predicted molar refractivity (Wildman–Crippen MR) is 80.4 cm³/mol. The second-order valence-electron chi connectivity index (χ2n) is 4.96. The monoisotopic (exact) mass is 308 g/mol. The van der Waals surface area contributed by atoms with Crippen LogP contribution in [0.2, 0.25) is 5.15 Å². The number of allylic oxidation sites excluding steroid dienone is 3. The lowest BCUT2D eigenvalue weighted by Crippen LogP contribution is -2.37. The van der Waals surface area contributed by atoms with Gasteiger partial charge in [0.15, 0.2) is 5.15 Å². The average molecular weight is 309 g/mol. The van der Waals surface area contributed by atoms with Crippen molar-refractivity contribution in [3.63, 3.8) is 0 Å². The minimum Gasteiger partial charge on any atom is -0.242 e. The lowest BCUT2D eigenvalue weighted by atomic mass is 10.0. The van der Waals surface area contributed by atoms with Gasteiger partial charge in [-0.2, -0.15) is 0 Å². The molecule has 20 heavy (non-hydrogen) atoms. The van der Waals surface area contributed by atoms with E-state index < -0.39 is 14.8 Å². The van der Waals surface area contributed by atoms with Crippen molar-refractivity contribution in [2.24, 2.45) is 0 Å². The zero-order chi connectivity index (χ0) is 14.4. The zero-order valence-electron chi connectivity index (χ0n) is 10.8. The molecule has 104 valence electrons. The van der Waals surface area contributed by atoms with Crippen LogP contribution in [0, 0.1) is 0 Å². The highest BCUT2D eigenvalue weighted by Crippen LogP contribution is 2.32. The molecule has 2 heterocycles. The van der Waals surface area contributed by atoms with E-state index in [9.17, 15) is 8.42 Å². The van der Waals surface area contributed by atoms with Crippen molar-refractivity contribution in [1.82, 2.24) is 8.96 Å². The molecule has 1 unspecified atom stereocenters. The van der Waals surface area contributed by atoms with Crippen molar-refractivity contribution < 1.29 is 8.42 Å². The molecule has 0 saturated carbocycles. The molecule has 0 saturated heterocycles. The smallest absolute Gasteiger partial charge is 0.242 e. The molecular weight excluding hydrogens is 296 g/mol. The molecule has 0 spiro atoms. The normalized spacial score (nSPS) is 22.5. The van der Waals surface area contributed by atoms with Gasteiger partial charge >= 0.3 is 0 Å². The molecule has 0 amide bonds. The van der Waals surface area contributed by atoms with E-state index in [4.69, 9.17) is 11.6 Å². The van der Waals surface area contributed by atoms with Crippen LogP contribution in [0.5, 0.6) is 0 Å². The first-order chi connectivity index (χ1) is 9.46. The van der Waals surface area contributed by atoms with Gasteiger partial charge in [-0.25, -0.2) is 17.4 Å². The molecule has 0 radical (unpaired) electrons. The number of rotatable bonds is 2. The van der Waals surface area contributed by atoms with Crippen molar-refractivity contribution in [3.05, 3.63) is 54.0 Å². The summed E-state index contributed by atoms with van der Waals surface area (Å²) in [5.41, 5.74) is 0.429. The highest BCUT2D eigenvalue weighted by molar-refractivity contribution is 7.91. The molecule has 3 rings (SSSR count). The highest BCUT2D eigenvalue weighted by atomic mass is 35.5. The average Bonchev–Trinajstić information content (AvgIpc) is 2.85. The van der Waals surface area contributed by atoms with E-state index in [-0.39, 0.29) is 5.15 Å². The second-order valence-corrected chi connectivity index (χ2v) is 7.59. The zero-order valence-corrected chi connectivity index (χ0v) is 12.4. The molecule has 6 heteroatoms. The van der Waals surface area contributed by atoms with Crippen LogP contribution < -0.4 is 0 Å². The van der Waals surface area contributed by atoms with Gasteiger partial charge in [-0.15, -0.1) is 0 Å². The Hall–Kier alpha value is -1.59. The Morgan fingerprint density at radius 1 is 1.35 bits per heavy atom. The Morgan fingerprint density at radius 3 is 2.85 bits per heavy atom. The number of hydrogen-bond donors (Lipinski definition) is 0. The standard InChI is InChI=1S/C14H13ClN2O2S/c1-14(7-3-2-4-8-14)20(18,19)17-10-6-11-5-9-16-13(15)12(11)17/h2-7,9-10H,8H2,1H3. The SMILES string of the molecule is CC1(S(=O)(=O)n2ccc3ccnc(Cl)c32)C=CC=CC1.